The highest BCUT2D eigenvalue weighted by Gasteiger charge is 2.60. The van der Waals surface area contributed by atoms with Gasteiger partial charge in [0, 0.05) is 48.3 Å². The number of carboxylic acids is 1. The summed E-state index contributed by atoms with van der Waals surface area (Å²) in [6.07, 6.45) is -3.70. The number of ether oxygens (including phenoxy) is 6. The fraction of sp³-hybridized carbons (Fsp3) is 0.564. The van der Waals surface area contributed by atoms with Gasteiger partial charge in [-0.15, -0.1) is 0 Å². The van der Waals surface area contributed by atoms with Crippen molar-refractivity contribution in [3.8, 4) is 0 Å². The zero-order valence-electron chi connectivity index (χ0n) is 35.7. The first-order valence-electron chi connectivity index (χ1n) is 19.4. The van der Waals surface area contributed by atoms with Crippen molar-refractivity contribution >= 4 is 177 Å². The zero-order chi connectivity index (χ0) is 48.2. The van der Waals surface area contributed by atoms with E-state index in [9.17, 15) is 38.7 Å². The molecule has 0 bridgehead atoms. The molecule has 4 rings (SSSR count). The van der Waals surface area contributed by atoms with Gasteiger partial charge in [0.05, 0.1) is 56.2 Å². The van der Waals surface area contributed by atoms with E-state index < -0.39 is 80.9 Å². The van der Waals surface area contributed by atoms with Gasteiger partial charge in [0.1, 0.15) is 24.9 Å². The molecule has 1 aromatic rings. The highest BCUT2D eigenvalue weighted by Crippen LogP contribution is 2.54. The summed E-state index contributed by atoms with van der Waals surface area (Å²) in [6, 6.07) is 0. The minimum Gasteiger partial charge on any atom is -0.480 e. The van der Waals surface area contributed by atoms with E-state index >= 15 is 0 Å². The first-order valence-corrected chi connectivity index (χ1v) is 26.0. The summed E-state index contributed by atoms with van der Waals surface area (Å²) in [5.74, 6) is -5.35. The van der Waals surface area contributed by atoms with E-state index in [4.69, 9.17) is 28.4 Å². The maximum atomic E-state index is 13.8. The van der Waals surface area contributed by atoms with E-state index in [2.05, 4.69) is 21.3 Å². The lowest BCUT2D eigenvalue weighted by Crippen LogP contribution is -2.55. The third kappa shape index (κ3) is 13.0. The van der Waals surface area contributed by atoms with Crippen molar-refractivity contribution in [3.05, 3.63) is 46.0 Å². The average Bonchev–Trinajstić information content (AvgIpc) is 3.73. The van der Waals surface area contributed by atoms with Crippen LogP contribution in [0.15, 0.2) is 18.6 Å². The summed E-state index contributed by atoms with van der Waals surface area (Å²) in [7, 11) is 1.48. The number of rotatable bonds is 16. The van der Waals surface area contributed by atoms with Crippen LogP contribution in [0.1, 0.15) is 74.7 Å². The van der Waals surface area contributed by atoms with Crippen molar-refractivity contribution in [3.63, 3.8) is 0 Å². The molecule has 64 heavy (non-hydrogen) atoms. The zero-order valence-corrected chi connectivity index (χ0v) is 48.7. The van der Waals surface area contributed by atoms with Crippen LogP contribution in [0, 0.1) is 16.1 Å². The Morgan fingerprint density at radius 3 is 1.75 bits per heavy atom. The number of hydrogen-bond donors (Lipinski definition) is 5. The van der Waals surface area contributed by atoms with Crippen molar-refractivity contribution in [1.29, 1.82) is 0 Å². The van der Waals surface area contributed by atoms with Crippen molar-refractivity contribution in [2.75, 3.05) is 46.5 Å². The van der Waals surface area contributed by atoms with E-state index in [0.29, 0.717) is 25.6 Å². The van der Waals surface area contributed by atoms with Crippen LogP contribution in [-0.4, -0.2) is 132 Å². The molecule has 1 aliphatic carbocycles. The number of carboxylic acid groups (broad SMARTS) is 1. The number of carbonyl (C=O) groups is 7. The molecule has 2 saturated heterocycles. The number of nitrogens with one attached hydrogen (secondary N) is 4. The molecular formula is C39H47I6N5O14. The molecule has 3 aliphatic rings. The van der Waals surface area contributed by atoms with E-state index in [0.717, 1.165) is 0 Å². The first-order chi connectivity index (χ1) is 29.7. The number of halogens is 6. The number of amides is 5. The largest absolute Gasteiger partial charge is 0.508 e. The average molecular weight is 1570 g/mol. The lowest BCUT2D eigenvalue weighted by Gasteiger charge is -2.44. The molecule has 0 aromatic heterocycles. The maximum Gasteiger partial charge on any atom is 0.508 e. The fourth-order valence-electron chi connectivity index (χ4n) is 6.81. The van der Waals surface area contributed by atoms with Gasteiger partial charge in [0.2, 0.25) is 17.7 Å². The minimum absolute atomic E-state index is 0.131. The van der Waals surface area contributed by atoms with E-state index in [1.165, 1.54) is 32.7 Å². The summed E-state index contributed by atoms with van der Waals surface area (Å²) in [6.45, 7) is 11.3. The second-order valence-corrected chi connectivity index (χ2v) is 22.2. The normalized spacial score (nSPS) is 22.9. The maximum absolute atomic E-state index is 13.8. The quantitative estimate of drug-likeness (QED) is 0.0614. The summed E-state index contributed by atoms with van der Waals surface area (Å²) in [5, 5.41) is 21.9. The first kappa shape index (κ1) is 55.6. The van der Waals surface area contributed by atoms with Crippen LogP contribution < -0.4 is 21.3 Å². The highest BCUT2D eigenvalue weighted by molar-refractivity contribution is 14.1. The number of hydrogen-bond acceptors (Lipinski definition) is 13. The predicted octanol–water partition coefficient (Wildman–Crippen LogP) is 5.26. The van der Waals surface area contributed by atoms with Crippen LogP contribution in [0.3, 0.4) is 0 Å². The Hall–Kier alpha value is -0.990. The molecule has 25 heteroatoms. The van der Waals surface area contributed by atoms with Crippen molar-refractivity contribution in [1.82, 2.24) is 26.2 Å². The summed E-state index contributed by atoms with van der Waals surface area (Å²) in [5.41, 5.74) is -0.726. The smallest absolute Gasteiger partial charge is 0.480 e. The van der Waals surface area contributed by atoms with Gasteiger partial charge in [-0.2, -0.15) is 0 Å². The molecule has 2 aliphatic heterocycles. The fourth-order valence-corrected chi connectivity index (χ4v) is 17.3. The lowest BCUT2D eigenvalue weighted by molar-refractivity contribution is -0.152. The molecule has 354 valence electrons. The Bertz CT molecular complexity index is 2080. The van der Waals surface area contributed by atoms with Gasteiger partial charge >= 0.3 is 12.1 Å². The molecule has 5 unspecified atom stereocenters. The Morgan fingerprint density at radius 2 is 1.33 bits per heavy atom. The Balaban J connectivity index is 1.49. The Kier molecular flexibility index (Phi) is 20.0. The third-order valence-electron chi connectivity index (χ3n) is 10.0. The van der Waals surface area contributed by atoms with Gasteiger partial charge in [-0.1, -0.05) is 22.6 Å². The molecule has 5 atom stereocenters. The molecule has 5 N–H and O–H groups in total. The van der Waals surface area contributed by atoms with Crippen LogP contribution in [0.4, 0.5) is 4.79 Å². The van der Waals surface area contributed by atoms with Crippen molar-refractivity contribution in [2.24, 2.45) is 5.41 Å². The van der Waals surface area contributed by atoms with Crippen LogP contribution in [0.25, 0.3) is 0 Å². The van der Waals surface area contributed by atoms with E-state index in [-0.39, 0.29) is 66.3 Å². The lowest BCUT2D eigenvalue weighted by atomic mass is 9.74. The van der Waals surface area contributed by atoms with Gasteiger partial charge in [0.15, 0.2) is 17.0 Å². The van der Waals surface area contributed by atoms with Gasteiger partial charge in [-0.3, -0.25) is 28.8 Å². The standard InChI is InChI=1S/C39H47I6N5O14/c1-16(39(35(56)57)31(44)29(49-17(2)51)28(43)30(32(39)45)50(8)18(3)52)62-36(58)59-10-9-46-22(53)11-21-25(40)23(33(54)47-12-19-14-60-37(4,5)63-19)27(42)24(26(21)41)34(55)48-13-20-15-61-38(6,7)64-20/h16,19-20,32H,9-15H2,1-8H3,(H,46,53)(H,47,54)(H,48,55)(H,49,51)(H,56,57). The van der Waals surface area contributed by atoms with Crippen LogP contribution >= 0.6 is 136 Å². The molecular weight excluding hydrogens is 1520 g/mol. The molecule has 5 amide bonds. The van der Waals surface area contributed by atoms with Crippen LogP contribution in [0.2, 0.25) is 0 Å². The molecule has 2 heterocycles. The van der Waals surface area contributed by atoms with Gasteiger partial charge < -0.3 is 59.7 Å². The third-order valence-corrected chi connectivity index (χ3v) is 17.6. The molecule has 1 aromatic carbocycles. The molecule has 0 spiro atoms. The van der Waals surface area contributed by atoms with Crippen LogP contribution in [0.5, 0.6) is 0 Å². The monoisotopic (exact) mass is 1570 g/mol. The second kappa shape index (κ2) is 23.1. The topological polar surface area (TPSA) is 246 Å². The summed E-state index contributed by atoms with van der Waals surface area (Å²) in [4.78, 5) is 93.5. The number of benzene rings is 1. The number of aliphatic carboxylic acids is 1. The Morgan fingerprint density at radius 1 is 0.828 bits per heavy atom. The highest BCUT2D eigenvalue weighted by atomic mass is 127. The van der Waals surface area contributed by atoms with Crippen LogP contribution in [-0.2, 0) is 54.0 Å². The second-order valence-electron chi connectivity index (χ2n) is 15.6. The van der Waals surface area contributed by atoms with Gasteiger partial charge in [-0.05, 0) is 153 Å². The molecule has 2 fully saturated rings. The minimum atomic E-state index is -1.97. The summed E-state index contributed by atoms with van der Waals surface area (Å²) >= 11 is 11.6. The van der Waals surface area contributed by atoms with Gasteiger partial charge in [-0.25, -0.2) is 4.79 Å². The van der Waals surface area contributed by atoms with Crippen molar-refractivity contribution < 1.29 is 67.1 Å². The Labute approximate surface area is 451 Å². The number of nitrogens with zero attached hydrogens (tertiary/aromatic N) is 1. The molecule has 0 saturated carbocycles. The van der Waals surface area contributed by atoms with E-state index in [1.807, 2.05) is 136 Å². The molecule has 19 nitrogen and oxygen atoms in total. The van der Waals surface area contributed by atoms with Gasteiger partial charge in [0.25, 0.3) is 11.8 Å². The molecule has 0 radical (unpaired) electrons. The summed E-state index contributed by atoms with van der Waals surface area (Å²) < 4.78 is 34.7. The number of alkyl halides is 1. The number of allylic oxidation sites excluding steroid dienone is 2. The number of carbonyl (C=O) groups excluding carboxylic acids is 6. The van der Waals surface area contributed by atoms with Crippen molar-refractivity contribution in [2.45, 2.75) is 88.7 Å². The predicted molar refractivity (Wildman–Crippen MR) is 280 cm³/mol. The SMILES string of the molecule is CC(=O)NC1=C(I)C(C(=O)O)(C(C)OC(=O)OCCNC(=O)Cc2c(I)c(C(=O)NCC3COC(C)(C)O3)c(I)c(C(=O)NCC3COC(C)(C)O3)c2I)C(I)C(N(C)C(C)=O)=C1I. The van der Waals surface area contributed by atoms with E-state index in [1.54, 1.807) is 27.7 Å².